The van der Waals surface area contributed by atoms with Gasteiger partial charge >= 0.3 is 6.18 Å². The average molecular weight is 553 g/mol. The first-order chi connectivity index (χ1) is 14.3. The van der Waals surface area contributed by atoms with E-state index < -0.39 is 18.9 Å². The Kier molecular flexibility index (Phi) is 11.5. The molecule has 0 aromatic heterocycles. The number of rotatable bonds is 9. The van der Waals surface area contributed by atoms with Gasteiger partial charge in [0.25, 0.3) is 0 Å². The molecule has 0 aliphatic carbocycles. The zero-order valence-corrected chi connectivity index (χ0v) is 19.6. The van der Waals surface area contributed by atoms with Crippen molar-refractivity contribution in [3.8, 4) is 11.5 Å². The van der Waals surface area contributed by atoms with Gasteiger partial charge in [-0.15, -0.1) is 24.0 Å². The molecule has 31 heavy (non-hydrogen) atoms. The molecule has 172 valence electrons. The number of aliphatic hydroxyl groups excluding tert-OH is 1. The van der Waals surface area contributed by atoms with E-state index in [2.05, 4.69) is 15.6 Å². The molecule has 2 aromatic carbocycles. The molecule has 10 heteroatoms. The van der Waals surface area contributed by atoms with Gasteiger partial charge in [0.1, 0.15) is 11.5 Å². The van der Waals surface area contributed by atoms with Gasteiger partial charge in [-0.05, 0) is 42.3 Å². The first-order valence-electron chi connectivity index (χ1n) is 9.43. The Bertz CT molecular complexity index is 818. The third kappa shape index (κ3) is 10.1. The molecule has 1 unspecified atom stereocenters. The summed E-state index contributed by atoms with van der Waals surface area (Å²) in [7, 11) is 1.56. The molecular formula is C21H27F3IN3O3. The monoisotopic (exact) mass is 553 g/mol. The Morgan fingerprint density at radius 1 is 1.10 bits per heavy atom. The first-order valence-corrected chi connectivity index (χ1v) is 9.43. The Hall–Kier alpha value is -2.21. The lowest BCUT2D eigenvalue weighted by atomic mass is 10.1. The van der Waals surface area contributed by atoms with Crippen LogP contribution >= 0.6 is 24.0 Å². The van der Waals surface area contributed by atoms with Gasteiger partial charge in [0, 0.05) is 13.1 Å². The quantitative estimate of drug-likeness (QED) is 0.249. The van der Waals surface area contributed by atoms with Crippen molar-refractivity contribution in [1.29, 1.82) is 0 Å². The number of benzene rings is 2. The molecule has 0 radical (unpaired) electrons. The van der Waals surface area contributed by atoms with E-state index in [9.17, 15) is 18.3 Å². The molecule has 0 amide bonds. The van der Waals surface area contributed by atoms with E-state index in [1.165, 1.54) is 12.1 Å². The molecule has 0 heterocycles. The number of guanidine groups is 1. The summed E-state index contributed by atoms with van der Waals surface area (Å²) in [4.78, 5) is 4.44. The van der Waals surface area contributed by atoms with Crippen LogP contribution in [-0.2, 0) is 6.54 Å². The molecule has 0 saturated carbocycles. The van der Waals surface area contributed by atoms with Crippen LogP contribution in [0.4, 0.5) is 13.2 Å². The smallest absolute Gasteiger partial charge is 0.422 e. The number of nitrogens with one attached hydrogen (secondary N) is 2. The van der Waals surface area contributed by atoms with E-state index in [1.807, 2.05) is 6.92 Å². The highest BCUT2D eigenvalue weighted by atomic mass is 127. The normalized spacial score (nSPS) is 12.5. The third-order valence-corrected chi connectivity index (χ3v) is 4.03. The van der Waals surface area contributed by atoms with Gasteiger partial charge in [-0.25, -0.2) is 4.99 Å². The van der Waals surface area contributed by atoms with Gasteiger partial charge in [-0.3, -0.25) is 0 Å². The second-order valence-corrected chi connectivity index (χ2v) is 6.42. The highest BCUT2D eigenvalue weighted by molar-refractivity contribution is 14.0. The van der Waals surface area contributed by atoms with Gasteiger partial charge in [0.05, 0.1) is 19.8 Å². The molecule has 0 saturated heterocycles. The predicted molar refractivity (Wildman–Crippen MR) is 124 cm³/mol. The lowest BCUT2D eigenvalue weighted by Crippen LogP contribution is -2.39. The summed E-state index contributed by atoms with van der Waals surface area (Å²) in [5, 5.41) is 16.5. The maximum atomic E-state index is 12.2. The Balaban J connectivity index is 0.00000480. The van der Waals surface area contributed by atoms with Crippen LogP contribution in [0.5, 0.6) is 11.5 Å². The highest BCUT2D eigenvalue weighted by Crippen LogP contribution is 2.20. The van der Waals surface area contributed by atoms with Crippen LogP contribution in [0.15, 0.2) is 53.5 Å². The van der Waals surface area contributed by atoms with E-state index in [4.69, 9.17) is 9.47 Å². The summed E-state index contributed by atoms with van der Waals surface area (Å²) in [5.41, 5.74) is 1.52. The Morgan fingerprint density at radius 3 is 2.42 bits per heavy atom. The fraction of sp³-hybridized carbons (Fsp3) is 0.381. The van der Waals surface area contributed by atoms with E-state index in [1.54, 1.807) is 43.5 Å². The second kappa shape index (κ2) is 13.3. The van der Waals surface area contributed by atoms with Crippen molar-refractivity contribution in [2.45, 2.75) is 25.7 Å². The number of aliphatic hydroxyl groups is 1. The second-order valence-electron chi connectivity index (χ2n) is 6.42. The number of aliphatic imine (C=N–C) groups is 1. The van der Waals surface area contributed by atoms with Crippen molar-refractivity contribution < 1.29 is 27.8 Å². The van der Waals surface area contributed by atoms with E-state index >= 15 is 0 Å². The average Bonchev–Trinajstić information content (AvgIpc) is 2.74. The SMILES string of the molecule is CCNC(=NCc1ccc(OCC(F)(F)F)cc1)NCC(O)c1cccc(OC)c1.I. The molecule has 0 bridgehead atoms. The Labute approximate surface area is 196 Å². The van der Waals surface area contributed by atoms with Gasteiger partial charge < -0.3 is 25.2 Å². The van der Waals surface area contributed by atoms with Crippen LogP contribution in [0.2, 0.25) is 0 Å². The van der Waals surface area contributed by atoms with E-state index in [0.717, 1.165) is 5.56 Å². The highest BCUT2D eigenvalue weighted by Gasteiger charge is 2.28. The fourth-order valence-corrected chi connectivity index (χ4v) is 2.53. The van der Waals surface area contributed by atoms with Crippen LogP contribution in [0.1, 0.15) is 24.2 Å². The molecule has 6 nitrogen and oxygen atoms in total. The molecule has 2 aromatic rings. The van der Waals surface area contributed by atoms with Crippen LogP contribution in [-0.4, -0.2) is 44.0 Å². The number of methoxy groups -OCH3 is 1. The predicted octanol–water partition coefficient (Wildman–Crippen LogP) is 4.04. The summed E-state index contributed by atoms with van der Waals surface area (Å²) in [6.45, 7) is 1.77. The number of nitrogens with zero attached hydrogens (tertiary/aromatic N) is 1. The fourth-order valence-electron chi connectivity index (χ4n) is 2.53. The zero-order chi connectivity index (χ0) is 22.0. The van der Waals surface area contributed by atoms with Crippen molar-refractivity contribution >= 4 is 29.9 Å². The maximum Gasteiger partial charge on any atom is 0.422 e. The topological polar surface area (TPSA) is 75.1 Å². The minimum atomic E-state index is -4.37. The molecule has 2 rings (SSSR count). The minimum Gasteiger partial charge on any atom is -0.497 e. The molecule has 1 atom stereocenters. The van der Waals surface area contributed by atoms with Crippen LogP contribution < -0.4 is 20.1 Å². The largest absolute Gasteiger partial charge is 0.497 e. The standard InChI is InChI=1S/C21H26F3N3O3.HI/c1-3-25-20(27-13-19(28)16-5-4-6-18(11-16)29-2)26-12-15-7-9-17(10-8-15)30-14-21(22,23)24;/h4-11,19,28H,3,12-14H2,1-2H3,(H2,25,26,27);1H. The van der Waals surface area contributed by atoms with Crippen LogP contribution in [0, 0.1) is 0 Å². The summed E-state index contributed by atoms with van der Waals surface area (Å²) in [6, 6.07) is 13.4. The van der Waals surface area contributed by atoms with Crippen molar-refractivity contribution in [1.82, 2.24) is 10.6 Å². The van der Waals surface area contributed by atoms with Crippen molar-refractivity contribution in [3.63, 3.8) is 0 Å². The lowest BCUT2D eigenvalue weighted by molar-refractivity contribution is -0.153. The molecule has 0 aliphatic rings. The third-order valence-electron chi connectivity index (χ3n) is 4.03. The zero-order valence-electron chi connectivity index (χ0n) is 17.3. The van der Waals surface area contributed by atoms with Gasteiger partial charge in [0.2, 0.25) is 0 Å². The molecule has 0 aliphatic heterocycles. The van der Waals surface area contributed by atoms with E-state index in [0.29, 0.717) is 30.4 Å². The van der Waals surface area contributed by atoms with Gasteiger partial charge in [-0.2, -0.15) is 13.2 Å². The molecule has 0 spiro atoms. The number of alkyl halides is 3. The summed E-state index contributed by atoms with van der Waals surface area (Å²) < 4.78 is 46.4. The lowest BCUT2D eigenvalue weighted by Gasteiger charge is -2.16. The molecule has 0 fully saturated rings. The van der Waals surface area contributed by atoms with Crippen LogP contribution in [0.3, 0.4) is 0 Å². The van der Waals surface area contributed by atoms with Crippen LogP contribution in [0.25, 0.3) is 0 Å². The number of ether oxygens (including phenoxy) is 2. The number of hydrogen-bond donors (Lipinski definition) is 3. The van der Waals surface area contributed by atoms with Gasteiger partial charge in [-0.1, -0.05) is 24.3 Å². The minimum absolute atomic E-state index is 0. The molecule has 3 N–H and O–H groups in total. The van der Waals surface area contributed by atoms with Crippen molar-refractivity contribution in [2.24, 2.45) is 4.99 Å². The molecular weight excluding hydrogens is 526 g/mol. The summed E-state index contributed by atoms with van der Waals surface area (Å²) in [5.74, 6) is 1.32. The number of halogens is 4. The van der Waals surface area contributed by atoms with E-state index in [-0.39, 0.29) is 36.3 Å². The number of hydrogen-bond acceptors (Lipinski definition) is 4. The summed E-state index contributed by atoms with van der Waals surface area (Å²) in [6.07, 6.45) is -5.13. The Morgan fingerprint density at radius 2 is 1.81 bits per heavy atom. The summed E-state index contributed by atoms with van der Waals surface area (Å²) >= 11 is 0. The van der Waals surface area contributed by atoms with Crippen molar-refractivity contribution in [2.75, 3.05) is 26.8 Å². The van der Waals surface area contributed by atoms with Crippen molar-refractivity contribution in [3.05, 3.63) is 59.7 Å². The van der Waals surface area contributed by atoms with Gasteiger partial charge in [0.15, 0.2) is 12.6 Å². The maximum absolute atomic E-state index is 12.2. The first kappa shape index (κ1) is 26.8.